The first-order chi connectivity index (χ1) is 8.62. The zero-order valence-electron chi connectivity index (χ0n) is 12.5. The van der Waals surface area contributed by atoms with Crippen LogP contribution in [0.15, 0.2) is 0 Å². The topological polar surface area (TPSA) is 12.5 Å². The van der Waals surface area contributed by atoms with E-state index < -0.39 is 0 Å². The lowest BCUT2D eigenvalue weighted by atomic mass is 9.75. The number of hydrogen-bond donors (Lipinski definition) is 1. The van der Waals surface area contributed by atoms with E-state index in [1.165, 1.54) is 45.2 Å². The number of methoxy groups -OCH3 is 1. The van der Waals surface area contributed by atoms with Gasteiger partial charge in [-0.25, -0.2) is 0 Å². The number of ether oxygens (including phenoxy) is 1. The third-order valence-electron chi connectivity index (χ3n) is 4.04. The first-order valence-electron chi connectivity index (χ1n) is 7.44. The molecule has 108 valence electrons. The van der Waals surface area contributed by atoms with Crippen molar-refractivity contribution in [2.45, 2.75) is 46.0 Å². The number of rotatable bonds is 8. The summed E-state index contributed by atoms with van der Waals surface area (Å²) in [5.41, 5.74) is 0.462. The van der Waals surface area contributed by atoms with Crippen LogP contribution in [0.25, 0.3) is 0 Å². The van der Waals surface area contributed by atoms with Crippen molar-refractivity contribution in [1.82, 2.24) is 4.90 Å². The molecule has 3 heteroatoms. The molecule has 0 saturated heterocycles. The van der Waals surface area contributed by atoms with Crippen molar-refractivity contribution in [3.05, 3.63) is 0 Å². The maximum atomic E-state index is 5.25. The standard InChI is InChI=1S/C15H31NOS/c1-14(2)11-16(9-10-17-3)12-15(13-18)7-5-4-6-8-15/h14,18H,4-13H2,1-3H3. The lowest BCUT2D eigenvalue weighted by Gasteiger charge is -2.40. The third-order valence-corrected chi connectivity index (χ3v) is 4.71. The first kappa shape index (κ1) is 16.3. The van der Waals surface area contributed by atoms with Crippen LogP contribution in [-0.4, -0.2) is 44.0 Å². The third kappa shape index (κ3) is 5.50. The van der Waals surface area contributed by atoms with Gasteiger partial charge < -0.3 is 9.64 Å². The fourth-order valence-electron chi connectivity index (χ4n) is 3.11. The second-order valence-electron chi connectivity index (χ2n) is 6.34. The Morgan fingerprint density at radius 3 is 2.39 bits per heavy atom. The molecule has 1 fully saturated rings. The Labute approximate surface area is 119 Å². The molecule has 0 amide bonds. The molecule has 1 saturated carbocycles. The molecule has 0 unspecified atom stereocenters. The van der Waals surface area contributed by atoms with Gasteiger partial charge in [-0.3, -0.25) is 0 Å². The van der Waals surface area contributed by atoms with E-state index in [2.05, 4.69) is 31.4 Å². The van der Waals surface area contributed by atoms with Crippen molar-refractivity contribution < 1.29 is 4.74 Å². The first-order valence-corrected chi connectivity index (χ1v) is 8.07. The van der Waals surface area contributed by atoms with Crippen LogP contribution in [0, 0.1) is 11.3 Å². The summed E-state index contributed by atoms with van der Waals surface area (Å²) >= 11 is 4.65. The summed E-state index contributed by atoms with van der Waals surface area (Å²) in [5.74, 6) is 1.76. The highest BCUT2D eigenvalue weighted by Crippen LogP contribution is 2.38. The molecule has 0 spiro atoms. The minimum atomic E-state index is 0.462. The summed E-state index contributed by atoms with van der Waals surface area (Å²) < 4.78 is 5.25. The maximum Gasteiger partial charge on any atom is 0.0589 e. The second kappa shape index (κ2) is 8.44. The van der Waals surface area contributed by atoms with E-state index in [1.54, 1.807) is 7.11 Å². The summed E-state index contributed by atoms with van der Waals surface area (Å²) in [6.45, 7) is 8.89. The average Bonchev–Trinajstić information content (AvgIpc) is 2.36. The molecule has 0 aromatic rings. The summed E-state index contributed by atoms with van der Waals surface area (Å²) in [6, 6.07) is 0. The maximum absolute atomic E-state index is 5.25. The Morgan fingerprint density at radius 1 is 1.22 bits per heavy atom. The molecule has 2 nitrogen and oxygen atoms in total. The van der Waals surface area contributed by atoms with Crippen LogP contribution >= 0.6 is 12.6 Å². The van der Waals surface area contributed by atoms with E-state index in [9.17, 15) is 0 Å². The highest BCUT2D eigenvalue weighted by molar-refractivity contribution is 7.80. The number of nitrogens with zero attached hydrogens (tertiary/aromatic N) is 1. The minimum absolute atomic E-state index is 0.462. The van der Waals surface area contributed by atoms with Crippen LogP contribution in [0.4, 0.5) is 0 Å². The molecular formula is C15H31NOS. The largest absolute Gasteiger partial charge is 0.383 e. The van der Waals surface area contributed by atoms with Crippen LogP contribution in [-0.2, 0) is 4.74 Å². The molecule has 0 aliphatic heterocycles. The molecule has 18 heavy (non-hydrogen) atoms. The normalized spacial score (nSPS) is 19.7. The van der Waals surface area contributed by atoms with Gasteiger partial charge in [0.2, 0.25) is 0 Å². The molecule has 1 aliphatic carbocycles. The van der Waals surface area contributed by atoms with Gasteiger partial charge in [-0.15, -0.1) is 0 Å². The van der Waals surface area contributed by atoms with Gasteiger partial charge in [0.15, 0.2) is 0 Å². The van der Waals surface area contributed by atoms with E-state index in [1.807, 2.05) is 0 Å². The van der Waals surface area contributed by atoms with Gasteiger partial charge in [-0.05, 0) is 29.9 Å². The molecule has 0 aromatic heterocycles. The molecule has 0 aromatic carbocycles. The number of thiol groups is 1. The monoisotopic (exact) mass is 273 g/mol. The fraction of sp³-hybridized carbons (Fsp3) is 1.00. The van der Waals surface area contributed by atoms with Crippen LogP contribution in [0.5, 0.6) is 0 Å². The zero-order valence-corrected chi connectivity index (χ0v) is 13.3. The predicted molar refractivity (Wildman–Crippen MR) is 82.5 cm³/mol. The summed E-state index contributed by atoms with van der Waals surface area (Å²) in [6.07, 6.45) is 6.91. The molecule has 1 rings (SSSR count). The van der Waals surface area contributed by atoms with E-state index in [0.717, 1.165) is 24.8 Å². The van der Waals surface area contributed by atoms with Crippen molar-refractivity contribution in [3.8, 4) is 0 Å². The molecular weight excluding hydrogens is 242 g/mol. The van der Waals surface area contributed by atoms with Crippen LogP contribution < -0.4 is 0 Å². The van der Waals surface area contributed by atoms with Gasteiger partial charge >= 0.3 is 0 Å². The number of hydrogen-bond acceptors (Lipinski definition) is 3. The SMILES string of the molecule is COCCN(CC(C)C)CC1(CS)CCCCC1. The summed E-state index contributed by atoms with van der Waals surface area (Å²) in [7, 11) is 1.79. The van der Waals surface area contributed by atoms with Crippen molar-refractivity contribution in [3.63, 3.8) is 0 Å². The van der Waals surface area contributed by atoms with Crippen molar-refractivity contribution in [1.29, 1.82) is 0 Å². The Hall–Kier alpha value is 0.270. The highest BCUT2D eigenvalue weighted by atomic mass is 32.1. The van der Waals surface area contributed by atoms with Crippen LogP contribution in [0.1, 0.15) is 46.0 Å². The van der Waals surface area contributed by atoms with Crippen molar-refractivity contribution >= 4 is 12.6 Å². The van der Waals surface area contributed by atoms with Crippen LogP contribution in [0.2, 0.25) is 0 Å². The van der Waals surface area contributed by atoms with E-state index >= 15 is 0 Å². The Kier molecular flexibility index (Phi) is 7.66. The lowest BCUT2D eigenvalue weighted by Crippen LogP contribution is -2.43. The molecule has 1 aliphatic rings. The van der Waals surface area contributed by atoms with Gasteiger partial charge in [0.1, 0.15) is 0 Å². The summed E-state index contributed by atoms with van der Waals surface area (Å²) in [4.78, 5) is 2.59. The van der Waals surface area contributed by atoms with Gasteiger partial charge in [0, 0.05) is 26.7 Å². The summed E-state index contributed by atoms with van der Waals surface area (Å²) in [5, 5.41) is 0. The average molecular weight is 273 g/mol. The smallest absolute Gasteiger partial charge is 0.0589 e. The van der Waals surface area contributed by atoms with E-state index in [0.29, 0.717) is 5.41 Å². The van der Waals surface area contributed by atoms with Crippen LogP contribution in [0.3, 0.4) is 0 Å². The molecule has 0 heterocycles. The Bertz CT molecular complexity index is 215. The molecule has 0 radical (unpaired) electrons. The Morgan fingerprint density at radius 2 is 1.89 bits per heavy atom. The quantitative estimate of drug-likeness (QED) is 0.680. The fourth-order valence-corrected chi connectivity index (χ4v) is 3.53. The molecule has 0 atom stereocenters. The zero-order chi connectivity index (χ0) is 13.4. The van der Waals surface area contributed by atoms with E-state index in [4.69, 9.17) is 4.74 Å². The predicted octanol–water partition coefficient (Wildman–Crippen LogP) is 3.47. The van der Waals surface area contributed by atoms with Gasteiger partial charge in [-0.2, -0.15) is 12.6 Å². The van der Waals surface area contributed by atoms with Gasteiger partial charge in [0.05, 0.1) is 6.61 Å². The minimum Gasteiger partial charge on any atom is -0.383 e. The second-order valence-corrected chi connectivity index (χ2v) is 6.66. The molecule has 0 N–H and O–H groups in total. The lowest BCUT2D eigenvalue weighted by molar-refractivity contribution is 0.0862. The Balaban J connectivity index is 2.54. The van der Waals surface area contributed by atoms with Gasteiger partial charge in [0.25, 0.3) is 0 Å². The van der Waals surface area contributed by atoms with Crippen molar-refractivity contribution in [2.24, 2.45) is 11.3 Å². The highest BCUT2D eigenvalue weighted by Gasteiger charge is 2.32. The van der Waals surface area contributed by atoms with Crippen molar-refractivity contribution in [2.75, 3.05) is 39.1 Å². The van der Waals surface area contributed by atoms with E-state index in [-0.39, 0.29) is 0 Å². The van der Waals surface area contributed by atoms with Gasteiger partial charge in [-0.1, -0.05) is 33.1 Å². The molecule has 0 bridgehead atoms.